The van der Waals surface area contributed by atoms with E-state index in [4.69, 9.17) is 0 Å². The lowest BCUT2D eigenvalue weighted by Gasteiger charge is -2.39. The van der Waals surface area contributed by atoms with Gasteiger partial charge in [-0.3, -0.25) is 19.0 Å². The van der Waals surface area contributed by atoms with E-state index < -0.39 is 11.7 Å². The molecule has 1 amide bonds. The van der Waals surface area contributed by atoms with E-state index in [9.17, 15) is 22.8 Å². The van der Waals surface area contributed by atoms with Gasteiger partial charge in [0.15, 0.2) is 0 Å². The molecule has 1 N–H and O–H groups in total. The van der Waals surface area contributed by atoms with Gasteiger partial charge in [-0.1, -0.05) is 6.07 Å². The molecule has 1 aliphatic heterocycles. The van der Waals surface area contributed by atoms with E-state index in [1.807, 2.05) is 16.7 Å². The lowest BCUT2D eigenvalue weighted by Crippen LogP contribution is -2.53. The number of hydrogen-bond acceptors (Lipinski definition) is 5. The fourth-order valence-corrected chi connectivity index (χ4v) is 4.94. The molecular formula is C25H26F3N7O2. The first-order valence-corrected chi connectivity index (χ1v) is 11.8. The number of aromatic amines is 1. The Morgan fingerprint density at radius 1 is 1.14 bits per heavy atom. The van der Waals surface area contributed by atoms with E-state index in [1.165, 1.54) is 22.6 Å². The molecule has 3 aromatic heterocycles. The Kier molecular flexibility index (Phi) is 6.04. The highest BCUT2D eigenvalue weighted by molar-refractivity contribution is 5.84. The van der Waals surface area contributed by atoms with E-state index in [2.05, 4.69) is 15.0 Å². The molecule has 9 nitrogen and oxygen atoms in total. The predicted molar refractivity (Wildman–Crippen MR) is 132 cm³/mol. The van der Waals surface area contributed by atoms with Crippen molar-refractivity contribution in [2.45, 2.75) is 32.6 Å². The van der Waals surface area contributed by atoms with Crippen molar-refractivity contribution in [2.24, 2.45) is 7.05 Å². The number of carbonyl (C=O) groups is 1. The van der Waals surface area contributed by atoms with Crippen LogP contribution in [0.5, 0.6) is 0 Å². The summed E-state index contributed by atoms with van der Waals surface area (Å²) in [4.78, 5) is 39.9. The number of rotatable bonds is 4. The van der Waals surface area contributed by atoms with Crippen LogP contribution in [0.4, 0.5) is 19.1 Å². The van der Waals surface area contributed by atoms with Gasteiger partial charge in [-0.2, -0.15) is 13.2 Å². The van der Waals surface area contributed by atoms with Crippen molar-refractivity contribution in [1.29, 1.82) is 0 Å². The Hall–Kier alpha value is -4.09. The number of fused-ring (bicyclic) bond motifs is 1. The standard InChI is InChI=1S/C25H26F3N7O2/c1-15-13-33(6-7-34(15)16(2)36)24-30-10-18(11-31-24)17-4-5-20-22(8-17)35(32(3)23(20)37)14-19-9-29-12-21(19)25(26,27)28/h4-5,8-12,15,29H,6-7,13-14H2,1-3H3/t15-/m1/s1. The maximum Gasteiger partial charge on any atom is 0.418 e. The summed E-state index contributed by atoms with van der Waals surface area (Å²) in [6.45, 7) is 5.28. The van der Waals surface area contributed by atoms with Crippen LogP contribution < -0.4 is 10.5 Å². The average Bonchev–Trinajstić information content (AvgIpc) is 3.43. The molecule has 0 bridgehead atoms. The van der Waals surface area contributed by atoms with E-state index in [1.54, 1.807) is 37.5 Å². The van der Waals surface area contributed by atoms with E-state index >= 15 is 0 Å². The Morgan fingerprint density at radius 2 is 1.86 bits per heavy atom. The number of anilines is 1. The number of benzene rings is 1. The molecule has 4 aromatic rings. The maximum absolute atomic E-state index is 13.4. The highest BCUT2D eigenvalue weighted by Gasteiger charge is 2.34. The summed E-state index contributed by atoms with van der Waals surface area (Å²) in [5.74, 6) is 0.605. The summed E-state index contributed by atoms with van der Waals surface area (Å²) >= 11 is 0. The topological polar surface area (TPSA) is 92.0 Å². The largest absolute Gasteiger partial charge is 0.418 e. The molecule has 0 saturated carbocycles. The van der Waals surface area contributed by atoms with Crippen LogP contribution in [-0.2, 0) is 24.6 Å². The number of piperazine rings is 1. The third-order valence-electron chi connectivity index (χ3n) is 6.91. The van der Waals surface area contributed by atoms with Gasteiger partial charge in [0.25, 0.3) is 5.56 Å². The van der Waals surface area contributed by atoms with Crippen molar-refractivity contribution in [3.63, 3.8) is 0 Å². The second-order valence-corrected chi connectivity index (χ2v) is 9.29. The fraction of sp³-hybridized carbons (Fsp3) is 0.360. The molecular weight excluding hydrogens is 487 g/mol. The molecule has 5 rings (SSSR count). The predicted octanol–water partition coefficient (Wildman–Crippen LogP) is 3.25. The zero-order valence-corrected chi connectivity index (χ0v) is 20.6. The molecule has 0 radical (unpaired) electrons. The van der Waals surface area contributed by atoms with Crippen LogP contribution in [0, 0.1) is 0 Å². The van der Waals surface area contributed by atoms with Gasteiger partial charge in [0, 0.05) is 75.6 Å². The molecule has 12 heteroatoms. The molecule has 194 valence electrons. The van der Waals surface area contributed by atoms with Gasteiger partial charge in [0.2, 0.25) is 11.9 Å². The van der Waals surface area contributed by atoms with Crippen LogP contribution in [0.15, 0.2) is 47.8 Å². The fourth-order valence-electron chi connectivity index (χ4n) is 4.94. The first-order chi connectivity index (χ1) is 17.5. The third-order valence-corrected chi connectivity index (χ3v) is 6.91. The number of halogens is 3. The first kappa shape index (κ1) is 24.6. The summed E-state index contributed by atoms with van der Waals surface area (Å²) < 4.78 is 43.1. The van der Waals surface area contributed by atoms with Crippen LogP contribution in [-0.4, -0.2) is 60.8 Å². The molecule has 1 aliphatic rings. The van der Waals surface area contributed by atoms with Gasteiger partial charge < -0.3 is 14.8 Å². The van der Waals surface area contributed by atoms with Crippen LogP contribution in [0.25, 0.3) is 22.0 Å². The zero-order valence-electron chi connectivity index (χ0n) is 20.6. The minimum Gasteiger partial charge on any atom is -0.367 e. The minimum atomic E-state index is -4.50. The van der Waals surface area contributed by atoms with E-state index in [0.29, 0.717) is 42.0 Å². The number of aromatic nitrogens is 5. The van der Waals surface area contributed by atoms with Gasteiger partial charge in [0.05, 0.1) is 23.0 Å². The van der Waals surface area contributed by atoms with Gasteiger partial charge in [-0.05, 0) is 24.6 Å². The molecule has 0 unspecified atom stereocenters. The van der Waals surface area contributed by atoms with Crippen molar-refractivity contribution in [1.82, 2.24) is 29.2 Å². The Labute approximate surface area is 210 Å². The lowest BCUT2D eigenvalue weighted by atomic mass is 10.1. The number of hydrogen-bond donors (Lipinski definition) is 1. The summed E-state index contributed by atoms with van der Waals surface area (Å²) in [6.07, 6.45) is 1.09. The normalized spacial score (nSPS) is 16.5. The average molecular weight is 514 g/mol. The van der Waals surface area contributed by atoms with E-state index in [-0.39, 0.29) is 29.6 Å². The maximum atomic E-state index is 13.4. The number of nitrogens with one attached hydrogen (secondary N) is 1. The smallest absolute Gasteiger partial charge is 0.367 e. The summed E-state index contributed by atoms with van der Waals surface area (Å²) in [5, 5.41) is 0.408. The summed E-state index contributed by atoms with van der Waals surface area (Å²) in [7, 11) is 1.53. The molecule has 1 fully saturated rings. The van der Waals surface area contributed by atoms with Crippen LogP contribution >= 0.6 is 0 Å². The van der Waals surface area contributed by atoms with Crippen LogP contribution in [0.1, 0.15) is 25.0 Å². The van der Waals surface area contributed by atoms with E-state index in [0.717, 1.165) is 11.8 Å². The molecule has 0 aliphatic carbocycles. The summed E-state index contributed by atoms with van der Waals surface area (Å²) in [5.41, 5.74) is 0.936. The minimum absolute atomic E-state index is 0.0391. The summed E-state index contributed by atoms with van der Waals surface area (Å²) in [6, 6.07) is 5.26. The SMILES string of the molecule is CC(=O)N1CCN(c2ncc(-c3ccc4c(=O)n(C)n(Cc5c[nH]cc5C(F)(F)F)c4c3)cn2)C[C@H]1C. The monoisotopic (exact) mass is 513 g/mol. The Balaban J connectivity index is 1.44. The Morgan fingerprint density at radius 3 is 2.51 bits per heavy atom. The quantitative estimate of drug-likeness (QED) is 0.453. The van der Waals surface area contributed by atoms with Gasteiger partial charge in [0.1, 0.15) is 0 Å². The molecule has 4 heterocycles. The second kappa shape index (κ2) is 9.09. The van der Waals surface area contributed by atoms with Crippen molar-refractivity contribution in [2.75, 3.05) is 24.5 Å². The van der Waals surface area contributed by atoms with Crippen LogP contribution in [0.2, 0.25) is 0 Å². The highest BCUT2D eigenvalue weighted by Crippen LogP contribution is 2.33. The highest BCUT2D eigenvalue weighted by atomic mass is 19.4. The molecule has 1 atom stereocenters. The molecule has 1 saturated heterocycles. The first-order valence-electron chi connectivity index (χ1n) is 11.8. The third kappa shape index (κ3) is 4.47. The van der Waals surface area contributed by atoms with Crippen molar-refractivity contribution in [3.05, 3.63) is 64.5 Å². The molecule has 0 spiro atoms. The van der Waals surface area contributed by atoms with Gasteiger partial charge in [-0.25, -0.2) is 9.97 Å². The van der Waals surface area contributed by atoms with Crippen molar-refractivity contribution < 1.29 is 18.0 Å². The lowest BCUT2D eigenvalue weighted by molar-refractivity contribution is -0.138. The van der Waals surface area contributed by atoms with Crippen molar-refractivity contribution in [3.8, 4) is 11.1 Å². The molecule has 1 aromatic carbocycles. The Bertz CT molecular complexity index is 1520. The zero-order chi connectivity index (χ0) is 26.5. The van der Waals surface area contributed by atoms with Gasteiger partial charge >= 0.3 is 6.18 Å². The number of amides is 1. The van der Waals surface area contributed by atoms with Crippen molar-refractivity contribution >= 4 is 22.8 Å². The number of carbonyl (C=O) groups excluding carboxylic acids is 1. The number of alkyl halides is 3. The molecule has 37 heavy (non-hydrogen) atoms. The second-order valence-electron chi connectivity index (χ2n) is 9.29. The van der Waals surface area contributed by atoms with Gasteiger partial charge in [-0.15, -0.1) is 0 Å². The van der Waals surface area contributed by atoms with Crippen LogP contribution in [0.3, 0.4) is 0 Å². The number of H-pyrrole nitrogens is 1. The number of nitrogens with zero attached hydrogens (tertiary/aromatic N) is 6.